The molecule has 0 radical (unpaired) electrons. The van der Waals surface area contributed by atoms with Crippen LogP contribution in [0.25, 0.3) is 0 Å². The van der Waals surface area contributed by atoms with Crippen LogP contribution in [0.2, 0.25) is 0 Å². The van der Waals surface area contributed by atoms with E-state index >= 15 is 0 Å². The Morgan fingerprint density at radius 1 is 1.16 bits per heavy atom. The van der Waals surface area contributed by atoms with Crippen LogP contribution in [0, 0.1) is 18.7 Å². The van der Waals surface area contributed by atoms with Gasteiger partial charge in [0.25, 0.3) is 0 Å². The lowest BCUT2D eigenvalue weighted by Crippen LogP contribution is -2.34. The van der Waals surface area contributed by atoms with Crippen molar-refractivity contribution in [1.82, 2.24) is 9.97 Å². The Morgan fingerprint density at radius 3 is 2.44 bits per heavy atom. The first kappa shape index (κ1) is 17.1. The summed E-state index contributed by atoms with van der Waals surface area (Å²) in [7, 11) is 0. The van der Waals surface area contributed by atoms with Crippen LogP contribution < -0.4 is 15.5 Å². The van der Waals surface area contributed by atoms with Crippen LogP contribution in [-0.2, 0) is 0 Å². The fourth-order valence-corrected chi connectivity index (χ4v) is 2.72. The zero-order chi connectivity index (χ0) is 17.8. The number of hydrogen-bond acceptors (Lipinski definition) is 4. The lowest BCUT2D eigenvalue weighted by Gasteiger charge is -2.30. The standard InChI is InChI=1S/C18H22FN5O/c1-12-5-7-24(8-6-12)17-20-10-15(11-21-17)23-18(25)22-14-4-3-13(2)16(19)9-14/h3-4,9-12H,5-8H2,1-2H3,(H2,22,23,25). The van der Waals surface area contributed by atoms with Crippen LogP contribution in [0.15, 0.2) is 30.6 Å². The Hall–Kier alpha value is -2.70. The highest BCUT2D eigenvalue weighted by atomic mass is 19.1. The molecular formula is C18H22FN5O. The number of benzene rings is 1. The maximum atomic E-state index is 13.5. The number of carbonyl (C=O) groups excluding carboxylic acids is 1. The molecule has 1 aliphatic heterocycles. The highest BCUT2D eigenvalue weighted by Gasteiger charge is 2.17. The molecule has 1 aromatic carbocycles. The van der Waals surface area contributed by atoms with E-state index in [4.69, 9.17) is 0 Å². The normalized spacial score (nSPS) is 15.1. The molecule has 0 bridgehead atoms. The van der Waals surface area contributed by atoms with Gasteiger partial charge in [-0.25, -0.2) is 19.2 Å². The molecule has 0 aliphatic carbocycles. The third-order valence-electron chi connectivity index (χ3n) is 4.39. The van der Waals surface area contributed by atoms with Crippen molar-refractivity contribution in [3.8, 4) is 0 Å². The van der Waals surface area contributed by atoms with Crippen molar-refractivity contribution in [3.05, 3.63) is 42.0 Å². The van der Waals surface area contributed by atoms with Gasteiger partial charge in [-0.3, -0.25) is 0 Å². The number of carbonyl (C=O) groups is 1. The molecule has 132 valence electrons. The summed E-state index contributed by atoms with van der Waals surface area (Å²) in [6.45, 7) is 5.83. The average molecular weight is 343 g/mol. The molecule has 7 heteroatoms. The molecule has 0 spiro atoms. The van der Waals surface area contributed by atoms with E-state index in [1.165, 1.54) is 6.07 Å². The monoisotopic (exact) mass is 343 g/mol. The van der Waals surface area contributed by atoms with Gasteiger partial charge in [0.15, 0.2) is 0 Å². The molecule has 2 amide bonds. The van der Waals surface area contributed by atoms with Crippen LogP contribution >= 0.6 is 0 Å². The van der Waals surface area contributed by atoms with Crippen LogP contribution in [0.5, 0.6) is 0 Å². The average Bonchev–Trinajstić information content (AvgIpc) is 2.60. The largest absolute Gasteiger partial charge is 0.341 e. The van der Waals surface area contributed by atoms with Gasteiger partial charge in [-0.1, -0.05) is 13.0 Å². The Labute approximate surface area is 146 Å². The molecule has 2 N–H and O–H groups in total. The summed E-state index contributed by atoms with van der Waals surface area (Å²) in [6, 6.07) is 4.08. The van der Waals surface area contributed by atoms with Gasteiger partial charge in [0.05, 0.1) is 18.1 Å². The van der Waals surface area contributed by atoms with Gasteiger partial charge in [0.1, 0.15) is 5.82 Å². The number of amides is 2. The first-order chi connectivity index (χ1) is 12.0. The van der Waals surface area contributed by atoms with E-state index in [-0.39, 0.29) is 5.82 Å². The quantitative estimate of drug-likeness (QED) is 0.889. The van der Waals surface area contributed by atoms with Crippen molar-refractivity contribution in [1.29, 1.82) is 0 Å². The molecule has 3 rings (SSSR count). The molecule has 2 aromatic rings. The van der Waals surface area contributed by atoms with Crippen molar-refractivity contribution in [3.63, 3.8) is 0 Å². The molecule has 25 heavy (non-hydrogen) atoms. The summed E-state index contributed by atoms with van der Waals surface area (Å²) >= 11 is 0. The third kappa shape index (κ3) is 4.43. The van der Waals surface area contributed by atoms with Crippen molar-refractivity contribution in [2.45, 2.75) is 26.7 Å². The maximum Gasteiger partial charge on any atom is 0.323 e. The second-order valence-corrected chi connectivity index (χ2v) is 6.48. The Balaban J connectivity index is 1.57. The maximum absolute atomic E-state index is 13.5. The number of rotatable bonds is 3. The van der Waals surface area contributed by atoms with Crippen LogP contribution in [0.3, 0.4) is 0 Å². The van der Waals surface area contributed by atoms with E-state index in [0.717, 1.165) is 31.8 Å². The molecule has 1 aliphatic rings. The van der Waals surface area contributed by atoms with Crippen molar-refractivity contribution < 1.29 is 9.18 Å². The SMILES string of the molecule is Cc1ccc(NC(=O)Nc2cnc(N3CCC(C)CC3)nc2)cc1F. The molecule has 0 saturated carbocycles. The van der Waals surface area contributed by atoms with Gasteiger partial charge in [0, 0.05) is 18.8 Å². The van der Waals surface area contributed by atoms with Crippen molar-refractivity contribution in [2.75, 3.05) is 28.6 Å². The molecule has 2 heterocycles. The number of aryl methyl sites for hydroxylation is 1. The lowest BCUT2D eigenvalue weighted by molar-refractivity contribution is 0.262. The molecular weight excluding hydrogens is 321 g/mol. The number of nitrogens with zero attached hydrogens (tertiary/aromatic N) is 3. The smallest absolute Gasteiger partial charge is 0.323 e. The molecule has 1 saturated heterocycles. The van der Waals surface area contributed by atoms with Crippen LogP contribution in [-0.4, -0.2) is 29.1 Å². The molecule has 6 nitrogen and oxygen atoms in total. The van der Waals surface area contributed by atoms with E-state index in [9.17, 15) is 9.18 Å². The number of urea groups is 1. The summed E-state index contributed by atoms with van der Waals surface area (Å²) in [5, 5.41) is 5.23. The van der Waals surface area contributed by atoms with Gasteiger partial charge >= 0.3 is 6.03 Å². The number of aromatic nitrogens is 2. The van der Waals surface area contributed by atoms with Gasteiger partial charge in [-0.15, -0.1) is 0 Å². The van der Waals surface area contributed by atoms with Gasteiger partial charge in [-0.05, 0) is 43.4 Å². The molecule has 0 unspecified atom stereocenters. The minimum Gasteiger partial charge on any atom is -0.341 e. The fourth-order valence-electron chi connectivity index (χ4n) is 2.72. The minimum absolute atomic E-state index is 0.360. The van der Waals surface area contributed by atoms with Crippen LogP contribution in [0.4, 0.5) is 26.5 Å². The van der Waals surface area contributed by atoms with Gasteiger partial charge in [-0.2, -0.15) is 0 Å². The van der Waals surface area contributed by atoms with Crippen molar-refractivity contribution >= 4 is 23.4 Å². The second kappa shape index (κ2) is 7.46. The van der Waals surface area contributed by atoms with Gasteiger partial charge in [0.2, 0.25) is 5.95 Å². The predicted molar refractivity (Wildman–Crippen MR) is 96.4 cm³/mol. The Bertz CT molecular complexity index is 742. The van der Waals surface area contributed by atoms with Crippen molar-refractivity contribution in [2.24, 2.45) is 5.92 Å². The van der Waals surface area contributed by atoms with Crippen LogP contribution in [0.1, 0.15) is 25.3 Å². The highest BCUT2D eigenvalue weighted by molar-refractivity contribution is 5.99. The summed E-state index contributed by atoms with van der Waals surface area (Å²) in [4.78, 5) is 22.8. The second-order valence-electron chi connectivity index (χ2n) is 6.48. The summed E-state index contributed by atoms with van der Waals surface area (Å²) in [5.41, 5.74) is 1.40. The summed E-state index contributed by atoms with van der Waals surface area (Å²) in [5.74, 6) is 1.06. The highest BCUT2D eigenvalue weighted by Crippen LogP contribution is 2.20. The number of nitrogens with one attached hydrogen (secondary N) is 2. The molecule has 1 fully saturated rings. The first-order valence-electron chi connectivity index (χ1n) is 8.42. The predicted octanol–water partition coefficient (Wildman–Crippen LogP) is 3.80. The number of hydrogen-bond donors (Lipinski definition) is 2. The zero-order valence-corrected chi connectivity index (χ0v) is 14.4. The number of piperidine rings is 1. The number of anilines is 3. The molecule has 1 aromatic heterocycles. The van der Waals surface area contributed by atoms with E-state index in [1.807, 2.05) is 0 Å². The number of halogens is 1. The molecule has 0 atom stereocenters. The van der Waals surface area contributed by atoms with E-state index < -0.39 is 6.03 Å². The third-order valence-corrected chi connectivity index (χ3v) is 4.39. The summed E-state index contributed by atoms with van der Waals surface area (Å²) < 4.78 is 13.5. The Kier molecular flexibility index (Phi) is 5.11. The minimum atomic E-state index is -0.466. The van der Waals surface area contributed by atoms with E-state index in [2.05, 4.69) is 32.4 Å². The first-order valence-corrected chi connectivity index (χ1v) is 8.42. The van der Waals surface area contributed by atoms with Gasteiger partial charge < -0.3 is 15.5 Å². The summed E-state index contributed by atoms with van der Waals surface area (Å²) in [6.07, 6.45) is 5.43. The zero-order valence-electron chi connectivity index (χ0n) is 14.4. The Morgan fingerprint density at radius 2 is 1.80 bits per heavy atom. The fraction of sp³-hybridized carbons (Fsp3) is 0.389. The topological polar surface area (TPSA) is 70.2 Å². The van der Waals surface area contributed by atoms with E-state index in [1.54, 1.807) is 31.5 Å². The van der Waals surface area contributed by atoms with E-state index in [0.29, 0.717) is 22.9 Å². The lowest BCUT2D eigenvalue weighted by atomic mass is 10.00.